The summed E-state index contributed by atoms with van der Waals surface area (Å²) in [6, 6.07) is 12.1. The summed E-state index contributed by atoms with van der Waals surface area (Å²) < 4.78 is 46.5. The lowest BCUT2D eigenvalue weighted by molar-refractivity contribution is -0.126. The van der Waals surface area contributed by atoms with Crippen LogP contribution in [0.2, 0.25) is 0 Å². The second-order valence-corrected chi connectivity index (χ2v) is 8.24. The first kappa shape index (κ1) is 23.8. The molecule has 1 atom stereocenters. The summed E-state index contributed by atoms with van der Waals surface area (Å²) in [6.45, 7) is 1.57. The van der Waals surface area contributed by atoms with Crippen LogP contribution in [0, 0.1) is 23.4 Å². The third-order valence-corrected chi connectivity index (χ3v) is 5.91. The normalized spacial score (nSPS) is 15.0. The predicted octanol–water partition coefficient (Wildman–Crippen LogP) is 4.79. The van der Waals surface area contributed by atoms with Crippen LogP contribution >= 0.6 is 0 Å². The van der Waals surface area contributed by atoms with E-state index in [-0.39, 0.29) is 36.4 Å². The van der Waals surface area contributed by atoms with Crippen LogP contribution in [-0.2, 0) is 4.79 Å². The molecule has 3 aromatic rings. The lowest BCUT2D eigenvalue weighted by atomic mass is 9.94. The first-order valence-electron chi connectivity index (χ1n) is 11.3. The van der Waals surface area contributed by atoms with Crippen LogP contribution in [0.25, 0.3) is 11.1 Å². The van der Waals surface area contributed by atoms with Crippen molar-refractivity contribution in [2.45, 2.75) is 25.3 Å². The Morgan fingerprint density at radius 2 is 1.79 bits per heavy atom. The van der Waals surface area contributed by atoms with E-state index in [2.05, 4.69) is 15.6 Å². The Morgan fingerprint density at radius 1 is 1.06 bits per heavy atom. The quantitative estimate of drug-likeness (QED) is 0.498. The van der Waals surface area contributed by atoms with Crippen LogP contribution in [0.1, 0.15) is 31.0 Å². The van der Waals surface area contributed by atoms with E-state index in [4.69, 9.17) is 4.74 Å². The Balaban J connectivity index is 1.57. The van der Waals surface area contributed by atoms with Gasteiger partial charge < -0.3 is 15.4 Å². The minimum absolute atomic E-state index is 0.0248. The number of halogens is 3. The molecule has 5 nitrogen and oxygen atoms in total. The van der Waals surface area contributed by atoms with E-state index in [1.165, 1.54) is 12.1 Å². The first-order chi connectivity index (χ1) is 16.5. The smallest absolute Gasteiger partial charge is 0.223 e. The highest BCUT2D eigenvalue weighted by molar-refractivity contribution is 5.79. The van der Waals surface area contributed by atoms with Gasteiger partial charge in [-0.3, -0.25) is 9.78 Å². The number of ether oxygens (including phenoxy) is 1. The Morgan fingerprint density at radius 3 is 2.56 bits per heavy atom. The van der Waals surface area contributed by atoms with Crippen molar-refractivity contribution in [2.24, 2.45) is 5.92 Å². The van der Waals surface area contributed by atoms with E-state index in [0.29, 0.717) is 5.69 Å². The molecule has 178 valence electrons. The fourth-order valence-corrected chi connectivity index (χ4v) is 4.09. The molecule has 1 aliphatic rings. The summed E-state index contributed by atoms with van der Waals surface area (Å²) in [6.07, 6.45) is 3.37. The van der Waals surface area contributed by atoms with Gasteiger partial charge in [0.1, 0.15) is 11.6 Å². The number of amides is 1. The number of rotatable bonds is 8. The number of nitrogens with one attached hydrogen (secondary N) is 2. The Labute approximate surface area is 196 Å². The van der Waals surface area contributed by atoms with Gasteiger partial charge in [0, 0.05) is 30.2 Å². The van der Waals surface area contributed by atoms with E-state index in [0.717, 1.165) is 55.3 Å². The molecule has 2 aromatic carbocycles. The molecule has 0 spiro atoms. The van der Waals surface area contributed by atoms with Gasteiger partial charge in [0.25, 0.3) is 0 Å². The van der Waals surface area contributed by atoms with Crippen molar-refractivity contribution >= 4 is 5.91 Å². The first-order valence-corrected chi connectivity index (χ1v) is 11.3. The lowest BCUT2D eigenvalue weighted by Gasteiger charge is -2.26. The maximum absolute atomic E-state index is 14.0. The van der Waals surface area contributed by atoms with Gasteiger partial charge in [-0.25, -0.2) is 13.2 Å². The molecule has 0 saturated carbocycles. The second-order valence-electron chi connectivity index (χ2n) is 8.24. The van der Waals surface area contributed by atoms with Gasteiger partial charge in [0.15, 0.2) is 11.6 Å². The van der Waals surface area contributed by atoms with E-state index >= 15 is 0 Å². The Kier molecular flexibility index (Phi) is 7.80. The molecule has 1 aliphatic heterocycles. The van der Waals surface area contributed by atoms with E-state index in [9.17, 15) is 18.0 Å². The van der Waals surface area contributed by atoms with Gasteiger partial charge in [-0.2, -0.15) is 0 Å². The molecule has 0 unspecified atom stereocenters. The molecular formula is C26H26F3N3O2. The van der Waals surface area contributed by atoms with Crippen molar-refractivity contribution in [1.82, 2.24) is 15.6 Å². The summed E-state index contributed by atoms with van der Waals surface area (Å²) in [5.41, 5.74) is 2.09. The number of piperidine rings is 1. The molecule has 34 heavy (non-hydrogen) atoms. The standard InChI is InChI=1S/C26H26F3N3O2/c27-19-5-3-17(4-6-19)21-2-1-12-31-25(21)23(32-26(33)18-9-13-30-14-10-18)11-15-34-24-16-20(28)7-8-22(24)29/h1-8,12,16,18,23,30H,9-11,13-15H2,(H,32,33)/t23-/m1/s1. The zero-order chi connectivity index (χ0) is 23.9. The number of aromatic nitrogens is 1. The molecule has 1 amide bonds. The fraction of sp³-hybridized carbons (Fsp3) is 0.308. The van der Waals surface area contributed by atoms with Crippen LogP contribution in [0.15, 0.2) is 60.8 Å². The number of carbonyl (C=O) groups is 1. The van der Waals surface area contributed by atoms with Gasteiger partial charge in [-0.05, 0) is 61.8 Å². The Hall–Kier alpha value is -3.39. The summed E-state index contributed by atoms with van der Waals surface area (Å²) in [5.74, 6) is -2.02. The number of hydrogen-bond donors (Lipinski definition) is 2. The van der Waals surface area contributed by atoms with Gasteiger partial charge in [0.2, 0.25) is 5.91 Å². The van der Waals surface area contributed by atoms with Gasteiger partial charge in [0.05, 0.1) is 18.3 Å². The van der Waals surface area contributed by atoms with Crippen LogP contribution in [-0.4, -0.2) is 30.6 Å². The topological polar surface area (TPSA) is 63.2 Å². The lowest BCUT2D eigenvalue weighted by Crippen LogP contribution is -2.40. The number of nitrogens with zero attached hydrogens (tertiary/aromatic N) is 1. The number of benzene rings is 2. The highest BCUT2D eigenvalue weighted by atomic mass is 19.1. The molecular weight excluding hydrogens is 443 g/mol. The second kappa shape index (κ2) is 11.2. The molecule has 0 bridgehead atoms. The van der Waals surface area contributed by atoms with Crippen molar-refractivity contribution < 1.29 is 22.7 Å². The molecule has 0 aliphatic carbocycles. The largest absolute Gasteiger partial charge is 0.490 e. The number of carbonyl (C=O) groups excluding carboxylic acids is 1. The molecule has 8 heteroatoms. The van der Waals surface area contributed by atoms with Crippen LogP contribution < -0.4 is 15.4 Å². The summed E-state index contributed by atoms with van der Waals surface area (Å²) >= 11 is 0. The molecule has 1 saturated heterocycles. The number of pyridine rings is 1. The van der Waals surface area contributed by atoms with Crippen LogP contribution in [0.3, 0.4) is 0 Å². The van der Waals surface area contributed by atoms with Crippen molar-refractivity contribution in [3.8, 4) is 16.9 Å². The molecule has 1 aromatic heterocycles. The summed E-state index contributed by atoms with van der Waals surface area (Å²) in [4.78, 5) is 17.6. The van der Waals surface area contributed by atoms with Gasteiger partial charge in [-0.15, -0.1) is 0 Å². The molecule has 1 fully saturated rings. The average molecular weight is 470 g/mol. The SMILES string of the molecule is O=C(N[C@H](CCOc1cc(F)ccc1F)c1ncccc1-c1ccc(F)cc1)C1CCNCC1. The maximum Gasteiger partial charge on any atom is 0.223 e. The maximum atomic E-state index is 14.0. The van der Waals surface area contributed by atoms with Crippen LogP contribution in [0.4, 0.5) is 13.2 Å². The summed E-state index contributed by atoms with van der Waals surface area (Å²) in [7, 11) is 0. The van der Waals surface area contributed by atoms with E-state index < -0.39 is 17.7 Å². The molecule has 2 N–H and O–H groups in total. The Bertz CT molecular complexity index is 1120. The minimum Gasteiger partial charge on any atom is -0.490 e. The predicted molar refractivity (Wildman–Crippen MR) is 123 cm³/mol. The van der Waals surface area contributed by atoms with Crippen molar-refractivity contribution in [3.63, 3.8) is 0 Å². The van der Waals surface area contributed by atoms with Crippen LogP contribution in [0.5, 0.6) is 5.75 Å². The van der Waals surface area contributed by atoms with E-state index in [1.807, 2.05) is 6.07 Å². The molecule has 0 radical (unpaired) electrons. The average Bonchev–Trinajstić information content (AvgIpc) is 2.86. The van der Waals surface area contributed by atoms with Crippen molar-refractivity contribution in [1.29, 1.82) is 0 Å². The van der Waals surface area contributed by atoms with Gasteiger partial charge in [-0.1, -0.05) is 18.2 Å². The monoisotopic (exact) mass is 469 g/mol. The zero-order valence-corrected chi connectivity index (χ0v) is 18.6. The highest BCUT2D eigenvalue weighted by Crippen LogP contribution is 2.29. The summed E-state index contributed by atoms with van der Waals surface area (Å²) in [5, 5.41) is 6.33. The fourth-order valence-electron chi connectivity index (χ4n) is 4.09. The molecule has 4 rings (SSSR count). The van der Waals surface area contributed by atoms with Gasteiger partial charge >= 0.3 is 0 Å². The minimum atomic E-state index is -0.665. The number of hydrogen-bond acceptors (Lipinski definition) is 4. The van der Waals surface area contributed by atoms with E-state index in [1.54, 1.807) is 24.4 Å². The third kappa shape index (κ3) is 5.94. The van der Waals surface area contributed by atoms with Crippen molar-refractivity contribution in [3.05, 3.63) is 83.9 Å². The third-order valence-electron chi connectivity index (χ3n) is 5.91. The zero-order valence-electron chi connectivity index (χ0n) is 18.6. The highest BCUT2D eigenvalue weighted by Gasteiger charge is 2.26. The van der Waals surface area contributed by atoms with Crippen molar-refractivity contribution in [2.75, 3.05) is 19.7 Å². The molecule has 2 heterocycles.